The Bertz CT molecular complexity index is 2620. The van der Waals surface area contributed by atoms with Crippen LogP contribution in [0.15, 0.2) is 0 Å². The molecular weight excluding hydrogens is 1360 g/mol. The van der Waals surface area contributed by atoms with Crippen molar-refractivity contribution in [2.45, 2.75) is 241 Å². The van der Waals surface area contributed by atoms with E-state index < -0.39 is 59.3 Å². The average molecular weight is 1480 g/mol. The van der Waals surface area contributed by atoms with Gasteiger partial charge >= 0.3 is 0 Å². The molecule has 0 saturated carbocycles. The number of rotatable bonds is 56. The van der Waals surface area contributed by atoms with Crippen LogP contribution < -0.4 is 53.2 Å². The van der Waals surface area contributed by atoms with Gasteiger partial charge in [0, 0.05) is 138 Å². The van der Waals surface area contributed by atoms with Crippen molar-refractivity contribution in [3.8, 4) is 0 Å². The number of unbranched alkanes of at least 4 members (excludes halogenated alkanes) is 3. The van der Waals surface area contributed by atoms with Gasteiger partial charge in [-0.1, -0.05) is 0 Å². The number of Topliss-reactive ketones (excluding diaryl/α,β-unsaturated/α-hetero) is 1. The van der Waals surface area contributed by atoms with E-state index >= 15 is 0 Å². The van der Waals surface area contributed by atoms with Crippen molar-refractivity contribution in [3.05, 3.63) is 0 Å². The molecule has 0 aliphatic carbocycles. The second kappa shape index (κ2) is 46.8. The van der Waals surface area contributed by atoms with E-state index in [0.29, 0.717) is 149 Å². The zero-order valence-corrected chi connectivity index (χ0v) is 61.5. The monoisotopic (exact) mass is 1480 g/mol. The van der Waals surface area contributed by atoms with Gasteiger partial charge in [-0.2, -0.15) is 0 Å². The molecular formula is C70H118N10O24. The van der Waals surface area contributed by atoms with E-state index in [0.717, 1.165) is 12.8 Å². The van der Waals surface area contributed by atoms with Crippen LogP contribution in [-0.4, -0.2) is 274 Å². The number of hydrogen-bond acceptors (Lipinski definition) is 24. The topological polar surface area (TPSA) is 439 Å². The first-order chi connectivity index (χ1) is 50.0. The van der Waals surface area contributed by atoms with Crippen LogP contribution in [0.2, 0.25) is 0 Å². The minimum absolute atomic E-state index is 0.0170. The summed E-state index contributed by atoms with van der Waals surface area (Å²) in [6.07, 6.45) is 6.89. The van der Waals surface area contributed by atoms with Crippen molar-refractivity contribution in [1.29, 1.82) is 0 Å². The maximum absolute atomic E-state index is 13.6. The Hall–Kier alpha value is -6.15. The number of amides is 10. The molecule has 104 heavy (non-hydrogen) atoms. The highest BCUT2D eigenvalue weighted by Crippen LogP contribution is 2.39. The SMILES string of the molecule is CC(=O)CCCC(=O)NC(COCCC(=O)NCCCNC(=O)CCCCOC[C@@]12CO[C@H](O1)[C@H](NC(C)=O)[C@@H](O)C2)(COCCC(=O)NCCCNC(=O)CCCCOC[C@@]12CC[C@@H](NC(C)=O)[C@H](OC1)O2)COCCC(=O)NCCCNC(=O)CCCCOC[C@@]12CC[C@@H](NC(C)=O)[C@H](OC1)O2. The van der Waals surface area contributed by atoms with Crippen LogP contribution in [0.4, 0.5) is 0 Å². The number of nitrogens with one attached hydrogen (secondary N) is 10. The summed E-state index contributed by atoms with van der Waals surface area (Å²) in [5.41, 5.74) is -3.24. The zero-order chi connectivity index (χ0) is 75.1. The summed E-state index contributed by atoms with van der Waals surface area (Å²) in [7, 11) is 0. The summed E-state index contributed by atoms with van der Waals surface area (Å²) in [4.78, 5) is 136. The molecule has 6 aliphatic rings. The van der Waals surface area contributed by atoms with Gasteiger partial charge in [-0.25, -0.2) is 0 Å². The Labute approximate surface area is 609 Å². The third-order valence-electron chi connectivity index (χ3n) is 18.4. The van der Waals surface area contributed by atoms with Gasteiger partial charge in [0.25, 0.3) is 0 Å². The summed E-state index contributed by atoms with van der Waals surface area (Å²) in [6, 6.07) is -1.01. The summed E-state index contributed by atoms with van der Waals surface area (Å²) in [5.74, 6) is -2.42. The molecule has 11 N–H and O–H groups in total. The Balaban J connectivity index is 0.861. The quantitative estimate of drug-likeness (QED) is 0.0340. The van der Waals surface area contributed by atoms with Gasteiger partial charge in [-0.15, -0.1) is 0 Å². The van der Waals surface area contributed by atoms with Crippen molar-refractivity contribution in [2.75, 3.05) is 138 Å². The molecule has 0 unspecified atom stereocenters. The van der Waals surface area contributed by atoms with Crippen LogP contribution in [0.3, 0.4) is 0 Å². The summed E-state index contributed by atoms with van der Waals surface area (Å²) >= 11 is 0. The second-order valence-electron chi connectivity index (χ2n) is 28.1. The fourth-order valence-corrected chi connectivity index (χ4v) is 12.8. The molecule has 0 aromatic rings. The maximum Gasteiger partial charge on any atom is 0.222 e. The summed E-state index contributed by atoms with van der Waals surface area (Å²) in [5, 5.41) is 39.0. The van der Waals surface area contributed by atoms with Crippen LogP contribution in [0.25, 0.3) is 0 Å². The minimum Gasteiger partial charge on any atom is -0.391 e. The molecule has 34 nitrogen and oxygen atoms in total. The van der Waals surface area contributed by atoms with Crippen LogP contribution in [0.1, 0.15) is 175 Å². The van der Waals surface area contributed by atoms with Gasteiger partial charge in [0.2, 0.25) is 59.1 Å². The molecule has 6 saturated heterocycles. The molecule has 6 heterocycles. The summed E-state index contributed by atoms with van der Waals surface area (Å²) < 4.78 is 71.1. The summed E-state index contributed by atoms with van der Waals surface area (Å²) in [6.45, 7) is 9.96. The third kappa shape index (κ3) is 33.3. The van der Waals surface area contributed by atoms with E-state index in [1.807, 2.05) is 0 Å². The van der Waals surface area contributed by atoms with Crippen LogP contribution in [0, 0.1) is 0 Å². The van der Waals surface area contributed by atoms with E-state index in [-0.39, 0.29) is 195 Å². The van der Waals surface area contributed by atoms with Crippen molar-refractivity contribution >= 4 is 64.9 Å². The lowest BCUT2D eigenvalue weighted by molar-refractivity contribution is -0.188. The Kier molecular flexibility index (Phi) is 39.1. The van der Waals surface area contributed by atoms with E-state index in [1.165, 1.54) is 27.7 Å². The van der Waals surface area contributed by atoms with Gasteiger partial charge in [-0.05, 0) is 96.8 Å². The Morgan fingerprint density at radius 3 is 1.12 bits per heavy atom. The maximum atomic E-state index is 13.6. The zero-order valence-electron chi connectivity index (χ0n) is 61.5. The standard InChI is InChI=1S/C70H118N10O24/c1-49(81)15-11-19-62(92)80-67(40-96-36-22-59(89)74-30-12-27-71-56(86)16-5-8-33-93-43-68-25-20-53(77-50(2)82)64(102-68)99-46-68,41-97-37-23-60(90)75-31-13-28-72-57(87)17-6-9-34-94-44-69-26-21-54(78-51(3)83)65(103-69)100-47-69)42-98-38-24-61(91)76-32-14-29-73-58(88)18-7-10-35-95-45-70-39-55(85)63(79-52(4)84)66(104-70)101-48-70/h53-55,63-66,85H,5-48H2,1-4H3,(H,71,86)(H,72,87)(H,73,88)(H,74,89)(H,75,90)(H,76,91)(H,77,82)(H,78,83)(H,79,84)(H,80,92)/t53-,54-,55+,63-,64-,65-,66-,68+,69+,70+/m1/s1. The normalized spacial score (nSPS) is 24.4. The highest BCUT2D eigenvalue weighted by atomic mass is 16.8. The lowest BCUT2D eigenvalue weighted by Gasteiger charge is -2.38. The largest absolute Gasteiger partial charge is 0.391 e. The highest BCUT2D eigenvalue weighted by molar-refractivity contribution is 5.80. The van der Waals surface area contributed by atoms with Crippen molar-refractivity contribution in [3.63, 3.8) is 0 Å². The van der Waals surface area contributed by atoms with Crippen LogP contribution >= 0.6 is 0 Å². The molecule has 0 radical (unpaired) electrons. The number of aliphatic hydroxyl groups excluding tert-OH is 1. The van der Waals surface area contributed by atoms with E-state index in [2.05, 4.69) is 53.2 Å². The smallest absolute Gasteiger partial charge is 0.222 e. The van der Waals surface area contributed by atoms with E-state index in [4.69, 9.17) is 56.8 Å². The van der Waals surface area contributed by atoms with Crippen LogP contribution in [0.5, 0.6) is 0 Å². The predicted octanol–water partition coefficient (Wildman–Crippen LogP) is -0.550. The van der Waals surface area contributed by atoms with Crippen molar-refractivity contribution in [2.24, 2.45) is 0 Å². The number of fused-ring (bicyclic) bond motifs is 6. The van der Waals surface area contributed by atoms with E-state index in [9.17, 15) is 57.8 Å². The van der Waals surface area contributed by atoms with Gasteiger partial charge < -0.3 is 120 Å². The lowest BCUT2D eigenvalue weighted by Crippen LogP contribution is -2.58. The Morgan fingerprint density at radius 2 is 0.731 bits per heavy atom. The molecule has 6 rings (SSSR count). The second-order valence-corrected chi connectivity index (χ2v) is 28.1. The first-order valence-corrected chi connectivity index (χ1v) is 37.2. The molecule has 6 fully saturated rings. The molecule has 592 valence electrons. The molecule has 34 heteroatoms. The first-order valence-electron chi connectivity index (χ1n) is 37.2. The molecule has 6 bridgehead atoms. The number of ether oxygens (including phenoxy) is 12. The number of ketones is 1. The molecule has 6 aliphatic heterocycles. The number of aliphatic hydroxyl groups is 1. The highest BCUT2D eigenvalue weighted by Gasteiger charge is 2.54. The predicted molar refractivity (Wildman–Crippen MR) is 370 cm³/mol. The van der Waals surface area contributed by atoms with Gasteiger partial charge in [0.05, 0.1) is 97.5 Å². The molecule has 0 aromatic heterocycles. The lowest BCUT2D eigenvalue weighted by atomic mass is 9.92. The number of carbonyl (C=O) groups is 11. The fraction of sp³-hybridized carbons (Fsp3) is 0.843. The van der Waals surface area contributed by atoms with Crippen LogP contribution in [-0.2, 0) is 110 Å². The third-order valence-corrected chi connectivity index (χ3v) is 18.4. The minimum atomic E-state index is -1.39. The molecule has 0 spiro atoms. The van der Waals surface area contributed by atoms with Gasteiger partial charge in [0.15, 0.2) is 18.9 Å². The van der Waals surface area contributed by atoms with Gasteiger partial charge in [0.1, 0.15) is 34.2 Å². The van der Waals surface area contributed by atoms with Crippen molar-refractivity contribution in [1.82, 2.24) is 53.2 Å². The average Bonchev–Trinajstić information content (AvgIpc) is 1.65. The number of hydrogen-bond donors (Lipinski definition) is 11. The molecule has 0 aromatic carbocycles. The van der Waals surface area contributed by atoms with Gasteiger partial charge in [-0.3, -0.25) is 47.9 Å². The molecule has 10 amide bonds. The number of carbonyl (C=O) groups excluding carboxylic acids is 11. The fourth-order valence-electron chi connectivity index (χ4n) is 12.8. The molecule has 10 atom stereocenters. The Morgan fingerprint density at radius 1 is 0.385 bits per heavy atom. The van der Waals surface area contributed by atoms with E-state index in [1.54, 1.807) is 0 Å². The van der Waals surface area contributed by atoms with Crippen molar-refractivity contribution < 1.29 is 115 Å². The first kappa shape index (κ1) is 86.8.